The Balaban J connectivity index is 1.73. The lowest BCUT2D eigenvalue weighted by atomic mass is 10.1. The molecule has 1 N–H and O–H groups in total. The van der Waals surface area contributed by atoms with Crippen LogP contribution >= 0.6 is 0 Å². The molecule has 3 heteroatoms. The van der Waals surface area contributed by atoms with Crippen LogP contribution in [0.25, 0.3) is 0 Å². The molecular weight excluding hydrogens is 200 g/mol. The molecule has 0 spiro atoms. The normalized spacial score (nSPS) is 23.5. The first kappa shape index (κ1) is 9.85. The van der Waals surface area contributed by atoms with Gasteiger partial charge in [-0.15, -0.1) is 0 Å². The number of nitrogens with zero attached hydrogens (tertiary/aromatic N) is 1. The second kappa shape index (κ2) is 3.91. The van der Waals surface area contributed by atoms with Crippen LogP contribution < -0.4 is 5.32 Å². The Labute approximate surface area is 95.4 Å². The van der Waals surface area contributed by atoms with Crippen molar-refractivity contribution in [3.63, 3.8) is 0 Å². The minimum atomic E-state index is 0.0642. The molecule has 1 amide bonds. The van der Waals surface area contributed by atoms with E-state index in [-0.39, 0.29) is 11.9 Å². The lowest BCUT2D eigenvalue weighted by Crippen LogP contribution is -2.40. The molecule has 0 aromatic heterocycles. The number of hydrogen-bond acceptors (Lipinski definition) is 2. The van der Waals surface area contributed by atoms with Crippen molar-refractivity contribution in [3.05, 3.63) is 35.4 Å². The molecule has 84 valence electrons. The summed E-state index contributed by atoms with van der Waals surface area (Å²) in [5.74, 6) is 0.272. The lowest BCUT2D eigenvalue weighted by Gasteiger charge is -2.19. The molecule has 1 atom stereocenters. The van der Waals surface area contributed by atoms with Gasteiger partial charge in [0.15, 0.2) is 0 Å². The SMILES string of the molecule is O=C([C@@H]1CCCN1)N1Cc2ccccc2C1. The van der Waals surface area contributed by atoms with Crippen molar-refractivity contribution in [1.82, 2.24) is 10.2 Å². The summed E-state index contributed by atoms with van der Waals surface area (Å²) >= 11 is 0. The number of amides is 1. The lowest BCUT2D eigenvalue weighted by molar-refractivity contribution is -0.133. The first-order valence-electron chi connectivity index (χ1n) is 5.93. The van der Waals surface area contributed by atoms with Gasteiger partial charge in [0.05, 0.1) is 6.04 Å². The minimum absolute atomic E-state index is 0.0642. The molecular formula is C13H16N2O. The first-order chi connectivity index (χ1) is 7.84. The van der Waals surface area contributed by atoms with Crippen LogP contribution in [0.1, 0.15) is 24.0 Å². The minimum Gasteiger partial charge on any atom is -0.333 e. The van der Waals surface area contributed by atoms with Gasteiger partial charge in [0.1, 0.15) is 0 Å². The summed E-state index contributed by atoms with van der Waals surface area (Å²) in [4.78, 5) is 14.1. The van der Waals surface area contributed by atoms with Gasteiger partial charge in [0, 0.05) is 13.1 Å². The van der Waals surface area contributed by atoms with Gasteiger partial charge in [0.25, 0.3) is 0 Å². The van der Waals surface area contributed by atoms with E-state index in [2.05, 4.69) is 17.4 Å². The van der Waals surface area contributed by atoms with Crippen molar-refractivity contribution in [2.45, 2.75) is 32.0 Å². The third-order valence-corrected chi connectivity index (χ3v) is 3.51. The molecule has 0 bridgehead atoms. The molecule has 1 aromatic rings. The third kappa shape index (κ3) is 1.61. The topological polar surface area (TPSA) is 32.3 Å². The Morgan fingerprint density at radius 1 is 1.25 bits per heavy atom. The second-order valence-electron chi connectivity index (χ2n) is 4.61. The summed E-state index contributed by atoms with van der Waals surface area (Å²) in [7, 11) is 0. The zero-order chi connectivity index (χ0) is 11.0. The van der Waals surface area contributed by atoms with Crippen LogP contribution in [0.4, 0.5) is 0 Å². The van der Waals surface area contributed by atoms with Gasteiger partial charge in [-0.3, -0.25) is 4.79 Å². The summed E-state index contributed by atoms with van der Waals surface area (Å²) in [6, 6.07) is 8.38. The fraction of sp³-hybridized carbons (Fsp3) is 0.462. The van der Waals surface area contributed by atoms with E-state index in [4.69, 9.17) is 0 Å². The summed E-state index contributed by atoms with van der Waals surface area (Å²) < 4.78 is 0. The van der Waals surface area contributed by atoms with Gasteiger partial charge in [-0.05, 0) is 30.5 Å². The van der Waals surface area contributed by atoms with Crippen LogP contribution in [0.2, 0.25) is 0 Å². The van der Waals surface area contributed by atoms with Crippen molar-refractivity contribution in [2.75, 3.05) is 6.54 Å². The van der Waals surface area contributed by atoms with Crippen molar-refractivity contribution in [3.8, 4) is 0 Å². The van der Waals surface area contributed by atoms with Crippen molar-refractivity contribution >= 4 is 5.91 Å². The number of benzene rings is 1. The molecule has 16 heavy (non-hydrogen) atoms. The van der Waals surface area contributed by atoms with Crippen LogP contribution in [0.5, 0.6) is 0 Å². The van der Waals surface area contributed by atoms with Gasteiger partial charge >= 0.3 is 0 Å². The van der Waals surface area contributed by atoms with E-state index in [0.29, 0.717) is 0 Å². The Hall–Kier alpha value is -1.35. The Morgan fingerprint density at radius 2 is 1.94 bits per heavy atom. The summed E-state index contributed by atoms with van der Waals surface area (Å²) in [5.41, 5.74) is 2.60. The van der Waals surface area contributed by atoms with Crippen molar-refractivity contribution in [1.29, 1.82) is 0 Å². The predicted octanol–water partition coefficient (Wildman–Crippen LogP) is 1.28. The highest BCUT2D eigenvalue weighted by Gasteiger charge is 2.30. The van der Waals surface area contributed by atoms with Gasteiger partial charge in [-0.25, -0.2) is 0 Å². The number of fused-ring (bicyclic) bond motifs is 1. The van der Waals surface area contributed by atoms with E-state index in [9.17, 15) is 4.79 Å². The van der Waals surface area contributed by atoms with E-state index in [1.165, 1.54) is 11.1 Å². The molecule has 3 nitrogen and oxygen atoms in total. The van der Waals surface area contributed by atoms with Crippen LogP contribution in [-0.4, -0.2) is 23.4 Å². The number of rotatable bonds is 1. The molecule has 0 aliphatic carbocycles. The van der Waals surface area contributed by atoms with Crippen LogP contribution in [0.15, 0.2) is 24.3 Å². The fourth-order valence-corrected chi connectivity index (χ4v) is 2.60. The maximum Gasteiger partial charge on any atom is 0.240 e. The summed E-state index contributed by atoms with van der Waals surface area (Å²) in [6.45, 7) is 2.55. The van der Waals surface area contributed by atoms with Crippen LogP contribution in [0, 0.1) is 0 Å². The Kier molecular flexibility index (Phi) is 2.40. The predicted molar refractivity (Wildman–Crippen MR) is 61.7 cm³/mol. The van der Waals surface area contributed by atoms with E-state index >= 15 is 0 Å². The molecule has 0 unspecified atom stereocenters. The smallest absolute Gasteiger partial charge is 0.240 e. The largest absolute Gasteiger partial charge is 0.333 e. The van der Waals surface area contributed by atoms with Crippen LogP contribution in [0.3, 0.4) is 0 Å². The highest BCUT2D eigenvalue weighted by molar-refractivity contribution is 5.82. The molecule has 0 radical (unpaired) electrons. The van der Waals surface area contributed by atoms with Gasteiger partial charge in [-0.1, -0.05) is 24.3 Å². The molecule has 1 aromatic carbocycles. The van der Waals surface area contributed by atoms with E-state index < -0.39 is 0 Å². The molecule has 1 saturated heterocycles. The number of nitrogens with one attached hydrogen (secondary N) is 1. The monoisotopic (exact) mass is 216 g/mol. The van der Waals surface area contributed by atoms with Crippen molar-refractivity contribution < 1.29 is 4.79 Å². The quantitative estimate of drug-likeness (QED) is 0.767. The highest BCUT2D eigenvalue weighted by atomic mass is 16.2. The standard InChI is InChI=1S/C13H16N2O/c16-13(12-6-3-7-14-12)15-8-10-4-1-2-5-11(10)9-15/h1-2,4-5,12,14H,3,6-9H2/t12-/m0/s1. The zero-order valence-corrected chi connectivity index (χ0v) is 9.28. The maximum atomic E-state index is 12.2. The highest BCUT2D eigenvalue weighted by Crippen LogP contribution is 2.23. The van der Waals surface area contributed by atoms with E-state index in [1.54, 1.807) is 0 Å². The third-order valence-electron chi connectivity index (χ3n) is 3.51. The molecule has 3 rings (SSSR count). The maximum absolute atomic E-state index is 12.2. The first-order valence-corrected chi connectivity index (χ1v) is 5.93. The number of hydrogen-bond donors (Lipinski definition) is 1. The Morgan fingerprint density at radius 3 is 2.50 bits per heavy atom. The van der Waals surface area contributed by atoms with E-state index in [1.807, 2.05) is 17.0 Å². The number of carbonyl (C=O) groups excluding carboxylic acids is 1. The molecule has 2 aliphatic rings. The molecule has 1 fully saturated rings. The van der Waals surface area contributed by atoms with E-state index in [0.717, 1.165) is 32.5 Å². The number of carbonyl (C=O) groups is 1. The van der Waals surface area contributed by atoms with Crippen molar-refractivity contribution in [2.24, 2.45) is 0 Å². The summed E-state index contributed by atoms with van der Waals surface area (Å²) in [6.07, 6.45) is 2.11. The zero-order valence-electron chi connectivity index (χ0n) is 9.28. The average Bonchev–Trinajstić information content (AvgIpc) is 2.97. The second-order valence-corrected chi connectivity index (χ2v) is 4.61. The van der Waals surface area contributed by atoms with Gasteiger partial charge in [0.2, 0.25) is 5.91 Å². The average molecular weight is 216 g/mol. The van der Waals surface area contributed by atoms with Crippen LogP contribution in [-0.2, 0) is 17.9 Å². The van der Waals surface area contributed by atoms with Gasteiger partial charge < -0.3 is 10.2 Å². The molecule has 2 aliphatic heterocycles. The molecule has 0 saturated carbocycles. The fourth-order valence-electron chi connectivity index (χ4n) is 2.60. The Bertz CT molecular complexity index is 385. The summed E-state index contributed by atoms with van der Waals surface area (Å²) in [5, 5.41) is 3.27. The molecule has 2 heterocycles. The van der Waals surface area contributed by atoms with Gasteiger partial charge in [-0.2, -0.15) is 0 Å².